The van der Waals surface area contributed by atoms with Crippen molar-refractivity contribution < 1.29 is 0 Å². The highest BCUT2D eigenvalue weighted by Crippen LogP contribution is 2.40. The van der Waals surface area contributed by atoms with Gasteiger partial charge in [0.1, 0.15) is 0 Å². The number of hydrogen-bond acceptors (Lipinski definition) is 1. The zero-order chi connectivity index (χ0) is 10.4. The summed E-state index contributed by atoms with van der Waals surface area (Å²) in [5, 5.41) is 4.08. The Hall–Kier alpha value is 0.280. The van der Waals surface area contributed by atoms with Gasteiger partial charge in [-0.3, -0.25) is 0 Å². The molecule has 0 aromatic heterocycles. The first-order chi connectivity index (χ1) is 6.72. The fraction of sp³-hybridized carbons (Fsp3) is 0.818. The molecule has 1 aliphatic rings. The molecule has 82 valence electrons. The third-order valence-corrected chi connectivity index (χ3v) is 3.94. The molecule has 0 heterocycles. The van der Waals surface area contributed by atoms with Crippen molar-refractivity contribution in [1.82, 2.24) is 5.32 Å². The van der Waals surface area contributed by atoms with E-state index in [2.05, 4.69) is 12.2 Å². The smallest absolute Gasteiger partial charge is 0.0431 e. The van der Waals surface area contributed by atoms with Crippen molar-refractivity contribution in [2.24, 2.45) is 5.41 Å². The first-order valence-electron chi connectivity index (χ1n) is 5.38. The van der Waals surface area contributed by atoms with E-state index in [0.717, 1.165) is 6.54 Å². The summed E-state index contributed by atoms with van der Waals surface area (Å²) >= 11 is 11.3. The van der Waals surface area contributed by atoms with Gasteiger partial charge in [0, 0.05) is 23.7 Å². The van der Waals surface area contributed by atoms with Crippen molar-refractivity contribution in [3.05, 3.63) is 10.6 Å². The molecular weight excluding hydrogens is 217 g/mol. The number of hydrogen-bond donors (Lipinski definition) is 1. The molecule has 0 amide bonds. The summed E-state index contributed by atoms with van der Waals surface area (Å²) in [6, 6.07) is 0. The second-order valence-electron chi connectivity index (χ2n) is 4.22. The maximum absolute atomic E-state index is 5.81. The fourth-order valence-corrected chi connectivity index (χ4v) is 2.44. The summed E-state index contributed by atoms with van der Waals surface area (Å²) in [6.07, 6.45) is 6.75. The van der Waals surface area contributed by atoms with Crippen LogP contribution in [0.25, 0.3) is 0 Å². The first kappa shape index (κ1) is 12.4. The lowest BCUT2D eigenvalue weighted by atomic mass is 9.83. The van der Waals surface area contributed by atoms with Crippen molar-refractivity contribution in [3.8, 4) is 0 Å². The van der Waals surface area contributed by atoms with E-state index in [1.165, 1.54) is 37.6 Å². The van der Waals surface area contributed by atoms with Gasteiger partial charge < -0.3 is 5.32 Å². The molecule has 0 aromatic rings. The summed E-state index contributed by atoms with van der Waals surface area (Å²) < 4.78 is 0. The number of halogens is 2. The van der Waals surface area contributed by atoms with E-state index in [4.69, 9.17) is 23.2 Å². The van der Waals surface area contributed by atoms with Crippen molar-refractivity contribution in [2.45, 2.75) is 39.0 Å². The molecule has 1 fully saturated rings. The Bertz CT molecular complexity index is 195. The first-order valence-corrected chi connectivity index (χ1v) is 6.19. The highest BCUT2D eigenvalue weighted by Gasteiger charge is 2.31. The van der Waals surface area contributed by atoms with Gasteiger partial charge >= 0.3 is 0 Å². The highest BCUT2D eigenvalue weighted by atomic mass is 35.5. The normalized spacial score (nSPS) is 21.5. The van der Waals surface area contributed by atoms with E-state index in [0.29, 0.717) is 17.0 Å². The van der Waals surface area contributed by atoms with Gasteiger partial charge in [-0.15, -0.1) is 0 Å². The minimum absolute atomic E-state index is 0.531. The molecule has 0 radical (unpaired) electrons. The highest BCUT2D eigenvalue weighted by molar-refractivity contribution is 6.36. The van der Waals surface area contributed by atoms with Gasteiger partial charge in [0.2, 0.25) is 0 Å². The minimum Gasteiger partial charge on any atom is -0.311 e. The molecule has 14 heavy (non-hydrogen) atoms. The Balaban J connectivity index is 2.28. The SMILES string of the molecule is CCC1(CNCC(Cl)=CCl)CCCC1. The quantitative estimate of drug-likeness (QED) is 0.764. The van der Waals surface area contributed by atoms with Gasteiger partial charge in [-0.2, -0.15) is 0 Å². The van der Waals surface area contributed by atoms with Crippen molar-refractivity contribution in [1.29, 1.82) is 0 Å². The van der Waals surface area contributed by atoms with Crippen LogP contribution in [0.2, 0.25) is 0 Å². The maximum atomic E-state index is 5.81. The Morgan fingerprint density at radius 1 is 1.43 bits per heavy atom. The second-order valence-corrected chi connectivity index (χ2v) is 4.92. The molecule has 0 unspecified atom stereocenters. The Kier molecular flexibility index (Phi) is 5.29. The molecule has 0 spiro atoms. The average Bonchev–Trinajstić information content (AvgIpc) is 2.67. The summed E-state index contributed by atoms with van der Waals surface area (Å²) in [6.45, 7) is 4.06. The van der Waals surface area contributed by atoms with E-state index in [1.54, 1.807) is 0 Å². The van der Waals surface area contributed by atoms with Crippen LogP contribution in [0.15, 0.2) is 10.6 Å². The van der Waals surface area contributed by atoms with Crippen LogP contribution in [0.4, 0.5) is 0 Å². The molecule has 0 atom stereocenters. The lowest BCUT2D eigenvalue weighted by Crippen LogP contribution is -2.32. The molecule has 1 saturated carbocycles. The Morgan fingerprint density at radius 3 is 2.57 bits per heavy atom. The second kappa shape index (κ2) is 5.99. The van der Waals surface area contributed by atoms with Gasteiger partial charge in [0.15, 0.2) is 0 Å². The minimum atomic E-state index is 0.531. The van der Waals surface area contributed by atoms with E-state index >= 15 is 0 Å². The number of rotatable bonds is 5. The largest absolute Gasteiger partial charge is 0.311 e. The lowest BCUT2D eigenvalue weighted by Gasteiger charge is -2.27. The molecule has 1 rings (SSSR count). The van der Waals surface area contributed by atoms with E-state index in [-0.39, 0.29) is 0 Å². The predicted molar refractivity (Wildman–Crippen MR) is 63.9 cm³/mol. The van der Waals surface area contributed by atoms with E-state index < -0.39 is 0 Å². The van der Waals surface area contributed by atoms with Crippen LogP contribution in [0, 0.1) is 5.41 Å². The van der Waals surface area contributed by atoms with Crippen LogP contribution in [0.3, 0.4) is 0 Å². The van der Waals surface area contributed by atoms with Gasteiger partial charge in [0.25, 0.3) is 0 Å². The number of nitrogens with one attached hydrogen (secondary N) is 1. The fourth-order valence-electron chi connectivity index (χ4n) is 2.27. The average molecular weight is 236 g/mol. The van der Waals surface area contributed by atoms with Crippen LogP contribution in [-0.2, 0) is 0 Å². The van der Waals surface area contributed by atoms with Crippen LogP contribution < -0.4 is 5.32 Å². The zero-order valence-electron chi connectivity index (χ0n) is 8.78. The summed E-state index contributed by atoms with van der Waals surface area (Å²) in [4.78, 5) is 0. The predicted octanol–water partition coefficient (Wildman–Crippen LogP) is 3.87. The topological polar surface area (TPSA) is 12.0 Å². The molecule has 0 saturated heterocycles. The van der Waals surface area contributed by atoms with Crippen molar-refractivity contribution >= 4 is 23.2 Å². The van der Waals surface area contributed by atoms with Gasteiger partial charge in [0.05, 0.1) is 0 Å². The van der Waals surface area contributed by atoms with E-state index in [9.17, 15) is 0 Å². The van der Waals surface area contributed by atoms with Crippen molar-refractivity contribution in [2.75, 3.05) is 13.1 Å². The monoisotopic (exact) mass is 235 g/mol. The summed E-state index contributed by atoms with van der Waals surface area (Å²) in [7, 11) is 0. The summed E-state index contributed by atoms with van der Waals surface area (Å²) in [5.41, 5.74) is 1.96. The molecule has 0 aromatic carbocycles. The Labute approximate surface area is 96.8 Å². The van der Waals surface area contributed by atoms with Crippen LogP contribution in [-0.4, -0.2) is 13.1 Å². The lowest BCUT2D eigenvalue weighted by molar-refractivity contribution is 0.273. The zero-order valence-corrected chi connectivity index (χ0v) is 10.3. The maximum Gasteiger partial charge on any atom is 0.0431 e. The van der Waals surface area contributed by atoms with Gasteiger partial charge in [-0.25, -0.2) is 0 Å². The molecule has 1 N–H and O–H groups in total. The van der Waals surface area contributed by atoms with Crippen LogP contribution in [0.5, 0.6) is 0 Å². The van der Waals surface area contributed by atoms with Crippen LogP contribution >= 0.6 is 23.2 Å². The third kappa shape index (κ3) is 3.45. The summed E-state index contributed by atoms with van der Waals surface area (Å²) in [5.74, 6) is 0. The molecule has 1 aliphatic carbocycles. The standard InChI is InChI=1S/C11H19Cl2N/c1-2-11(5-3-4-6-11)9-14-8-10(13)7-12/h7,14H,2-6,8-9H2,1H3. The molecule has 0 aliphatic heterocycles. The Morgan fingerprint density at radius 2 is 2.07 bits per heavy atom. The molecule has 0 bridgehead atoms. The molecule has 3 heteroatoms. The molecular formula is C11H19Cl2N. The van der Waals surface area contributed by atoms with Gasteiger partial charge in [-0.05, 0) is 24.7 Å². The van der Waals surface area contributed by atoms with E-state index in [1.807, 2.05) is 0 Å². The van der Waals surface area contributed by atoms with Crippen molar-refractivity contribution in [3.63, 3.8) is 0 Å². The van der Waals surface area contributed by atoms with Gasteiger partial charge in [-0.1, -0.05) is 43.0 Å². The third-order valence-electron chi connectivity index (χ3n) is 3.33. The molecule has 1 nitrogen and oxygen atoms in total. The van der Waals surface area contributed by atoms with Crippen LogP contribution in [0.1, 0.15) is 39.0 Å².